The summed E-state index contributed by atoms with van der Waals surface area (Å²) in [6, 6.07) is 1.87. The van der Waals surface area contributed by atoms with E-state index in [1.165, 1.54) is 0 Å². The number of aromatic nitrogens is 2. The van der Waals surface area contributed by atoms with Crippen LogP contribution in [0.25, 0.3) is 0 Å². The van der Waals surface area contributed by atoms with Gasteiger partial charge in [-0.2, -0.15) is 9.97 Å². The maximum Gasteiger partial charge on any atom is 0.319 e. The second-order valence-electron chi connectivity index (χ2n) is 2.99. The van der Waals surface area contributed by atoms with Gasteiger partial charge in [-0.1, -0.05) is 0 Å². The molecule has 1 unspecified atom stereocenters. The summed E-state index contributed by atoms with van der Waals surface area (Å²) in [6.45, 7) is 4.98. The Kier molecular flexibility index (Phi) is 4.77. The number of nitrogen functional groups attached to an aromatic ring is 1. The van der Waals surface area contributed by atoms with Crippen molar-refractivity contribution >= 4 is 21.7 Å². The fourth-order valence-electron chi connectivity index (χ4n) is 0.964. The Bertz CT molecular complexity index is 302. The van der Waals surface area contributed by atoms with Crippen LogP contribution in [0.3, 0.4) is 0 Å². The van der Waals surface area contributed by atoms with Crippen LogP contribution in [0, 0.1) is 0 Å². The highest BCUT2D eigenvalue weighted by Crippen LogP contribution is 2.14. The third-order valence-corrected chi connectivity index (χ3v) is 1.96. The van der Waals surface area contributed by atoms with Crippen LogP contribution >= 0.6 is 15.9 Å². The Morgan fingerprint density at radius 3 is 2.87 bits per heavy atom. The maximum absolute atomic E-state index is 5.54. The molecule has 0 spiro atoms. The van der Waals surface area contributed by atoms with Gasteiger partial charge in [-0.3, -0.25) is 0 Å². The van der Waals surface area contributed by atoms with Gasteiger partial charge in [0.1, 0.15) is 16.5 Å². The first-order chi connectivity index (χ1) is 7.11. The summed E-state index contributed by atoms with van der Waals surface area (Å²) in [7, 11) is 0. The van der Waals surface area contributed by atoms with E-state index in [9.17, 15) is 0 Å². The molecule has 0 aliphatic rings. The third kappa shape index (κ3) is 4.44. The van der Waals surface area contributed by atoms with E-state index < -0.39 is 0 Å². The van der Waals surface area contributed by atoms with E-state index >= 15 is 0 Å². The van der Waals surface area contributed by atoms with Gasteiger partial charge in [-0.15, -0.1) is 0 Å². The number of rotatable bonds is 5. The Hall–Kier alpha value is -0.880. The van der Waals surface area contributed by atoms with Crippen LogP contribution in [0.15, 0.2) is 10.7 Å². The van der Waals surface area contributed by atoms with Gasteiger partial charge in [0.15, 0.2) is 0 Å². The van der Waals surface area contributed by atoms with Crippen molar-refractivity contribution in [3.05, 3.63) is 10.7 Å². The van der Waals surface area contributed by atoms with Gasteiger partial charge < -0.3 is 15.2 Å². The minimum Gasteiger partial charge on any atom is -0.458 e. The normalized spacial score (nSPS) is 12.5. The van der Waals surface area contributed by atoms with E-state index in [2.05, 4.69) is 25.9 Å². The zero-order chi connectivity index (χ0) is 11.3. The van der Waals surface area contributed by atoms with Gasteiger partial charge in [0.2, 0.25) is 0 Å². The summed E-state index contributed by atoms with van der Waals surface area (Å²) in [5.41, 5.74) is 5.54. The fourth-order valence-corrected chi connectivity index (χ4v) is 1.35. The lowest BCUT2D eigenvalue weighted by molar-refractivity contribution is 0.0607. The Morgan fingerprint density at radius 2 is 2.27 bits per heavy atom. The van der Waals surface area contributed by atoms with Crippen molar-refractivity contribution in [3.8, 4) is 6.01 Å². The number of ether oxygens (including phenoxy) is 2. The Morgan fingerprint density at radius 1 is 1.53 bits per heavy atom. The summed E-state index contributed by atoms with van der Waals surface area (Å²) >= 11 is 3.21. The van der Waals surface area contributed by atoms with E-state index in [1.54, 1.807) is 6.07 Å². The summed E-state index contributed by atoms with van der Waals surface area (Å²) < 4.78 is 11.2. The highest BCUT2D eigenvalue weighted by atomic mass is 79.9. The van der Waals surface area contributed by atoms with Gasteiger partial charge in [-0.05, 0) is 29.8 Å². The molecule has 1 atom stereocenters. The number of hydrogen-bond donors (Lipinski definition) is 1. The lowest BCUT2D eigenvalue weighted by Crippen LogP contribution is -2.20. The minimum atomic E-state index is -0.0985. The van der Waals surface area contributed by atoms with Gasteiger partial charge in [0.05, 0.1) is 6.61 Å². The van der Waals surface area contributed by atoms with Crippen LogP contribution in [0.1, 0.15) is 13.8 Å². The Balaban J connectivity index is 2.56. The molecule has 0 amide bonds. The lowest BCUT2D eigenvalue weighted by Gasteiger charge is -2.12. The van der Waals surface area contributed by atoms with Crippen LogP contribution in [0.2, 0.25) is 0 Å². The van der Waals surface area contributed by atoms with Crippen molar-refractivity contribution in [2.45, 2.75) is 20.0 Å². The first-order valence-electron chi connectivity index (χ1n) is 4.66. The van der Waals surface area contributed by atoms with Crippen LogP contribution in [-0.2, 0) is 4.74 Å². The highest BCUT2D eigenvalue weighted by molar-refractivity contribution is 9.10. The molecule has 0 saturated heterocycles. The van der Waals surface area contributed by atoms with Crippen molar-refractivity contribution in [1.82, 2.24) is 9.97 Å². The maximum atomic E-state index is 5.54. The average Bonchev–Trinajstić information content (AvgIpc) is 2.13. The van der Waals surface area contributed by atoms with Crippen LogP contribution in [0.5, 0.6) is 6.01 Å². The molecule has 0 fully saturated rings. The second-order valence-corrected chi connectivity index (χ2v) is 3.80. The largest absolute Gasteiger partial charge is 0.458 e. The number of hydrogen-bond acceptors (Lipinski definition) is 5. The van der Waals surface area contributed by atoms with Crippen molar-refractivity contribution in [1.29, 1.82) is 0 Å². The molecule has 6 heteroatoms. The topological polar surface area (TPSA) is 70.3 Å². The predicted octanol–water partition coefficient (Wildman–Crippen LogP) is 1.63. The van der Waals surface area contributed by atoms with Crippen molar-refractivity contribution in [3.63, 3.8) is 0 Å². The molecule has 0 aliphatic carbocycles. The molecule has 0 radical (unpaired) electrons. The lowest BCUT2D eigenvalue weighted by atomic mass is 10.4. The molecule has 5 nitrogen and oxygen atoms in total. The molecule has 0 aromatic carbocycles. The van der Waals surface area contributed by atoms with Crippen LogP contribution in [-0.4, -0.2) is 29.3 Å². The molecular formula is C9H14BrN3O2. The summed E-state index contributed by atoms with van der Waals surface area (Å²) in [6.07, 6.45) is -0.0985. The minimum absolute atomic E-state index is 0.0985. The molecule has 1 heterocycles. The van der Waals surface area contributed by atoms with E-state index in [1.807, 2.05) is 13.8 Å². The van der Waals surface area contributed by atoms with E-state index in [0.717, 1.165) is 0 Å². The zero-order valence-corrected chi connectivity index (χ0v) is 10.3. The highest BCUT2D eigenvalue weighted by Gasteiger charge is 2.07. The summed E-state index contributed by atoms with van der Waals surface area (Å²) in [5, 5.41) is 0. The molecule has 1 rings (SSSR count). The molecule has 15 heavy (non-hydrogen) atoms. The molecule has 0 saturated carbocycles. The van der Waals surface area contributed by atoms with E-state index in [-0.39, 0.29) is 12.1 Å². The number of halogens is 1. The van der Waals surface area contributed by atoms with Crippen LogP contribution in [0.4, 0.5) is 5.82 Å². The van der Waals surface area contributed by atoms with Crippen molar-refractivity contribution < 1.29 is 9.47 Å². The number of anilines is 1. The fraction of sp³-hybridized carbons (Fsp3) is 0.556. The van der Waals surface area contributed by atoms with Gasteiger partial charge in [0, 0.05) is 12.7 Å². The first-order valence-corrected chi connectivity index (χ1v) is 5.45. The van der Waals surface area contributed by atoms with Gasteiger partial charge >= 0.3 is 6.01 Å². The molecule has 0 aliphatic heterocycles. The number of nitrogens with zero attached hydrogens (tertiary/aromatic N) is 2. The molecular weight excluding hydrogens is 262 g/mol. The monoisotopic (exact) mass is 275 g/mol. The average molecular weight is 276 g/mol. The number of nitrogens with two attached hydrogens (primary N) is 1. The smallest absolute Gasteiger partial charge is 0.319 e. The molecule has 2 N–H and O–H groups in total. The predicted molar refractivity (Wildman–Crippen MR) is 60.7 cm³/mol. The second kappa shape index (κ2) is 5.87. The standard InChI is InChI=1S/C9H14BrN3O2/c1-3-14-5-6(2)15-9-12-7(10)4-8(11)13-9/h4,6H,3,5H2,1-2H3,(H2,11,12,13). The van der Waals surface area contributed by atoms with Crippen molar-refractivity contribution in [2.24, 2.45) is 0 Å². The molecule has 1 aromatic heterocycles. The Labute approximate surface area is 97.1 Å². The van der Waals surface area contributed by atoms with Crippen LogP contribution < -0.4 is 10.5 Å². The molecule has 0 bridgehead atoms. The zero-order valence-electron chi connectivity index (χ0n) is 8.74. The van der Waals surface area contributed by atoms with Crippen molar-refractivity contribution in [2.75, 3.05) is 18.9 Å². The SMILES string of the molecule is CCOCC(C)Oc1nc(N)cc(Br)n1. The third-order valence-electron chi connectivity index (χ3n) is 1.56. The van der Waals surface area contributed by atoms with Gasteiger partial charge in [0.25, 0.3) is 0 Å². The first kappa shape index (κ1) is 12.2. The van der Waals surface area contributed by atoms with E-state index in [4.69, 9.17) is 15.2 Å². The molecule has 1 aromatic rings. The van der Waals surface area contributed by atoms with E-state index in [0.29, 0.717) is 23.6 Å². The van der Waals surface area contributed by atoms with Gasteiger partial charge in [-0.25, -0.2) is 0 Å². The summed E-state index contributed by atoms with van der Waals surface area (Å²) in [5.74, 6) is 0.371. The molecule has 84 valence electrons. The quantitative estimate of drug-likeness (QED) is 0.827. The summed E-state index contributed by atoms with van der Waals surface area (Å²) in [4.78, 5) is 7.97.